The average Bonchev–Trinajstić information content (AvgIpc) is 2.69. The molecule has 0 aliphatic carbocycles. The monoisotopic (exact) mass is 236 g/mol. The van der Waals surface area contributed by atoms with Crippen LogP contribution in [0.15, 0.2) is 24.3 Å². The van der Waals surface area contributed by atoms with Crippen LogP contribution in [-0.2, 0) is 11.2 Å². The molecule has 1 saturated heterocycles. The largest absolute Gasteiger partial charge is 0.342 e. The number of amides is 1. The van der Waals surface area contributed by atoms with E-state index in [4.69, 9.17) is 5.73 Å². The molecule has 1 amide bonds. The molecule has 1 aromatic rings. The Balaban J connectivity index is 1.91. The first kappa shape index (κ1) is 12.0. The van der Waals surface area contributed by atoms with Crippen molar-refractivity contribution in [2.45, 2.75) is 12.8 Å². The van der Waals surface area contributed by atoms with Crippen molar-refractivity contribution in [1.29, 1.82) is 0 Å². The van der Waals surface area contributed by atoms with E-state index in [2.05, 4.69) is 0 Å². The molecule has 1 unspecified atom stereocenters. The van der Waals surface area contributed by atoms with Gasteiger partial charge in [-0.05, 0) is 30.5 Å². The van der Waals surface area contributed by atoms with E-state index in [1.165, 1.54) is 6.07 Å². The number of likely N-dealkylation sites (tertiary alicyclic amines) is 1. The second-order valence-electron chi connectivity index (χ2n) is 4.49. The quantitative estimate of drug-likeness (QED) is 0.853. The zero-order chi connectivity index (χ0) is 12.3. The molecule has 0 radical (unpaired) electrons. The summed E-state index contributed by atoms with van der Waals surface area (Å²) in [6, 6.07) is 6.69. The van der Waals surface area contributed by atoms with Gasteiger partial charge in [-0.3, -0.25) is 4.79 Å². The summed E-state index contributed by atoms with van der Waals surface area (Å²) in [6.07, 6.45) is 1.10. The SMILES string of the molecule is NCC1CC(=O)N(CCc2ccccc2F)C1. The van der Waals surface area contributed by atoms with Crippen molar-refractivity contribution in [3.63, 3.8) is 0 Å². The minimum Gasteiger partial charge on any atom is -0.342 e. The molecule has 92 valence electrons. The minimum atomic E-state index is -0.200. The van der Waals surface area contributed by atoms with Crippen molar-refractivity contribution in [2.75, 3.05) is 19.6 Å². The summed E-state index contributed by atoms with van der Waals surface area (Å²) in [7, 11) is 0. The first-order valence-electron chi connectivity index (χ1n) is 5.92. The second kappa shape index (κ2) is 5.27. The number of nitrogens with two attached hydrogens (primary N) is 1. The molecular formula is C13H17FN2O. The van der Waals surface area contributed by atoms with Gasteiger partial charge in [0.1, 0.15) is 5.82 Å². The van der Waals surface area contributed by atoms with Gasteiger partial charge in [0.05, 0.1) is 0 Å². The summed E-state index contributed by atoms with van der Waals surface area (Å²) in [4.78, 5) is 13.4. The van der Waals surface area contributed by atoms with Crippen LogP contribution in [0.2, 0.25) is 0 Å². The van der Waals surface area contributed by atoms with Gasteiger partial charge in [-0.2, -0.15) is 0 Å². The third-order valence-corrected chi connectivity index (χ3v) is 3.24. The van der Waals surface area contributed by atoms with Crippen molar-refractivity contribution in [2.24, 2.45) is 11.7 Å². The van der Waals surface area contributed by atoms with E-state index < -0.39 is 0 Å². The normalized spacial score (nSPS) is 20.0. The van der Waals surface area contributed by atoms with Gasteiger partial charge < -0.3 is 10.6 Å². The van der Waals surface area contributed by atoms with Gasteiger partial charge in [-0.25, -0.2) is 4.39 Å². The lowest BCUT2D eigenvalue weighted by molar-refractivity contribution is -0.127. The molecule has 0 aromatic heterocycles. The Morgan fingerprint density at radius 1 is 1.41 bits per heavy atom. The lowest BCUT2D eigenvalue weighted by Gasteiger charge is -2.16. The fraction of sp³-hybridized carbons (Fsp3) is 0.462. The van der Waals surface area contributed by atoms with Gasteiger partial charge in [0, 0.05) is 19.5 Å². The standard InChI is InChI=1S/C13H17FN2O/c14-12-4-2-1-3-11(12)5-6-16-9-10(8-15)7-13(16)17/h1-4,10H,5-9,15H2. The first-order chi connectivity index (χ1) is 8.20. The molecule has 1 aliphatic heterocycles. The van der Waals surface area contributed by atoms with Crippen LogP contribution in [0.1, 0.15) is 12.0 Å². The first-order valence-corrected chi connectivity index (χ1v) is 5.92. The maximum atomic E-state index is 13.4. The molecule has 0 bridgehead atoms. The van der Waals surface area contributed by atoms with E-state index in [9.17, 15) is 9.18 Å². The van der Waals surface area contributed by atoms with E-state index in [1.54, 1.807) is 17.0 Å². The van der Waals surface area contributed by atoms with Crippen LogP contribution in [0.25, 0.3) is 0 Å². The molecule has 1 heterocycles. The number of benzene rings is 1. The zero-order valence-corrected chi connectivity index (χ0v) is 9.73. The number of hydrogen-bond donors (Lipinski definition) is 1. The Morgan fingerprint density at radius 3 is 2.82 bits per heavy atom. The summed E-state index contributed by atoms with van der Waals surface area (Å²) < 4.78 is 13.4. The highest BCUT2D eigenvalue weighted by molar-refractivity contribution is 5.78. The summed E-state index contributed by atoms with van der Waals surface area (Å²) in [5.41, 5.74) is 6.21. The Labute approximate surface area is 100 Å². The molecule has 3 nitrogen and oxygen atoms in total. The number of halogens is 1. The molecule has 1 aromatic carbocycles. The third-order valence-electron chi connectivity index (χ3n) is 3.24. The molecule has 17 heavy (non-hydrogen) atoms. The van der Waals surface area contributed by atoms with Gasteiger partial charge >= 0.3 is 0 Å². The summed E-state index contributed by atoms with van der Waals surface area (Å²) in [5, 5.41) is 0. The van der Waals surface area contributed by atoms with E-state index >= 15 is 0 Å². The van der Waals surface area contributed by atoms with Crippen LogP contribution in [0.4, 0.5) is 4.39 Å². The van der Waals surface area contributed by atoms with Crippen LogP contribution in [0.5, 0.6) is 0 Å². The van der Waals surface area contributed by atoms with E-state index in [0.29, 0.717) is 38.0 Å². The maximum Gasteiger partial charge on any atom is 0.222 e. The summed E-state index contributed by atoms with van der Waals surface area (Å²) >= 11 is 0. The van der Waals surface area contributed by atoms with Crippen LogP contribution in [0.3, 0.4) is 0 Å². The van der Waals surface area contributed by atoms with E-state index in [1.807, 2.05) is 6.07 Å². The highest BCUT2D eigenvalue weighted by Crippen LogP contribution is 2.17. The molecule has 2 N–H and O–H groups in total. The van der Waals surface area contributed by atoms with Crippen LogP contribution < -0.4 is 5.73 Å². The fourth-order valence-electron chi connectivity index (χ4n) is 2.18. The summed E-state index contributed by atoms with van der Waals surface area (Å²) in [6.45, 7) is 1.84. The average molecular weight is 236 g/mol. The number of rotatable bonds is 4. The van der Waals surface area contributed by atoms with Crippen molar-refractivity contribution >= 4 is 5.91 Å². The Kier molecular flexibility index (Phi) is 3.74. The van der Waals surface area contributed by atoms with Crippen LogP contribution in [0, 0.1) is 11.7 Å². The topological polar surface area (TPSA) is 46.3 Å². The van der Waals surface area contributed by atoms with Crippen molar-refractivity contribution in [3.05, 3.63) is 35.6 Å². The molecule has 1 fully saturated rings. The van der Waals surface area contributed by atoms with Crippen molar-refractivity contribution in [1.82, 2.24) is 4.90 Å². The number of nitrogens with zero attached hydrogens (tertiary/aromatic N) is 1. The molecule has 1 aliphatic rings. The Bertz CT molecular complexity index is 408. The molecule has 0 spiro atoms. The van der Waals surface area contributed by atoms with E-state index in [0.717, 1.165) is 0 Å². The van der Waals surface area contributed by atoms with Gasteiger partial charge in [-0.1, -0.05) is 18.2 Å². The molecule has 1 atom stereocenters. The lowest BCUT2D eigenvalue weighted by atomic mass is 10.1. The number of carbonyl (C=O) groups is 1. The van der Waals surface area contributed by atoms with Crippen LogP contribution >= 0.6 is 0 Å². The zero-order valence-electron chi connectivity index (χ0n) is 9.73. The molecule has 0 saturated carbocycles. The highest BCUT2D eigenvalue weighted by atomic mass is 19.1. The molecule has 2 rings (SSSR count). The Hall–Kier alpha value is -1.42. The van der Waals surface area contributed by atoms with E-state index in [-0.39, 0.29) is 17.6 Å². The molecule has 4 heteroatoms. The van der Waals surface area contributed by atoms with Gasteiger partial charge in [-0.15, -0.1) is 0 Å². The lowest BCUT2D eigenvalue weighted by Crippen LogP contribution is -2.28. The number of hydrogen-bond acceptors (Lipinski definition) is 2. The smallest absolute Gasteiger partial charge is 0.222 e. The van der Waals surface area contributed by atoms with Crippen molar-refractivity contribution < 1.29 is 9.18 Å². The minimum absolute atomic E-state index is 0.136. The molecular weight excluding hydrogens is 219 g/mol. The maximum absolute atomic E-state index is 13.4. The van der Waals surface area contributed by atoms with Gasteiger partial charge in [0.2, 0.25) is 5.91 Å². The highest BCUT2D eigenvalue weighted by Gasteiger charge is 2.28. The predicted molar refractivity (Wildman–Crippen MR) is 63.8 cm³/mol. The van der Waals surface area contributed by atoms with Crippen molar-refractivity contribution in [3.8, 4) is 0 Å². The summed E-state index contributed by atoms with van der Waals surface area (Å²) in [5.74, 6) is 0.203. The number of carbonyl (C=O) groups excluding carboxylic acids is 1. The third kappa shape index (κ3) is 2.82. The predicted octanol–water partition coefficient (Wildman–Crippen LogP) is 1.18. The second-order valence-corrected chi connectivity index (χ2v) is 4.49. The van der Waals surface area contributed by atoms with Crippen LogP contribution in [-0.4, -0.2) is 30.4 Å². The van der Waals surface area contributed by atoms with Gasteiger partial charge in [0.25, 0.3) is 0 Å². The fourth-order valence-corrected chi connectivity index (χ4v) is 2.18. The van der Waals surface area contributed by atoms with Gasteiger partial charge in [0.15, 0.2) is 0 Å². The Morgan fingerprint density at radius 2 is 2.18 bits per heavy atom.